The van der Waals surface area contributed by atoms with Crippen molar-refractivity contribution in [1.82, 2.24) is 4.31 Å². The first-order valence-electron chi connectivity index (χ1n) is 6.63. The fraction of sp³-hybridized carbons (Fsp3) is 0.500. The van der Waals surface area contributed by atoms with Crippen LogP contribution in [0.4, 0.5) is 0 Å². The minimum absolute atomic E-state index is 0.155. The molecule has 116 valence electrons. The van der Waals surface area contributed by atoms with Gasteiger partial charge in [0.15, 0.2) is 0 Å². The summed E-state index contributed by atoms with van der Waals surface area (Å²) in [5, 5.41) is 8.93. The third kappa shape index (κ3) is 3.78. The Morgan fingerprint density at radius 2 is 1.95 bits per heavy atom. The molecule has 0 spiro atoms. The smallest absolute Gasteiger partial charge is 0.303 e. The van der Waals surface area contributed by atoms with E-state index in [9.17, 15) is 13.2 Å². The maximum absolute atomic E-state index is 12.3. The van der Waals surface area contributed by atoms with Crippen LogP contribution in [0.25, 0.3) is 0 Å². The van der Waals surface area contributed by atoms with Gasteiger partial charge < -0.3 is 5.11 Å². The number of rotatable bonds is 7. The highest BCUT2D eigenvalue weighted by atomic mass is 32.2. The fourth-order valence-corrected chi connectivity index (χ4v) is 4.78. The Bertz CT molecular complexity index is 636. The van der Waals surface area contributed by atoms with Gasteiger partial charge in [-0.15, -0.1) is 11.8 Å². The number of hydrogen-bond donors (Lipinski definition) is 1. The summed E-state index contributed by atoms with van der Waals surface area (Å²) in [6.07, 6.45) is 1.95. The molecule has 0 bridgehead atoms. The lowest BCUT2D eigenvalue weighted by atomic mass is 10.1. The Kier molecular flexibility index (Phi) is 4.65. The van der Waals surface area contributed by atoms with Gasteiger partial charge in [-0.25, -0.2) is 12.7 Å². The molecule has 0 aromatic heterocycles. The third-order valence-electron chi connectivity index (χ3n) is 3.62. The molecule has 2 rings (SSSR count). The van der Waals surface area contributed by atoms with Gasteiger partial charge in [-0.05, 0) is 30.4 Å². The van der Waals surface area contributed by atoms with Crippen molar-refractivity contribution in [3.8, 4) is 0 Å². The van der Waals surface area contributed by atoms with Crippen LogP contribution >= 0.6 is 11.8 Å². The van der Waals surface area contributed by atoms with Crippen molar-refractivity contribution in [2.75, 3.05) is 19.8 Å². The summed E-state index contributed by atoms with van der Waals surface area (Å²) in [5.74, 6) is -0.151. The van der Waals surface area contributed by atoms with Crippen molar-refractivity contribution in [3.63, 3.8) is 0 Å². The lowest BCUT2D eigenvalue weighted by Crippen LogP contribution is -2.23. The highest BCUT2D eigenvalue weighted by Crippen LogP contribution is 2.52. The predicted molar refractivity (Wildman–Crippen MR) is 82.0 cm³/mol. The van der Waals surface area contributed by atoms with E-state index in [0.29, 0.717) is 10.6 Å². The number of nitrogens with zero attached hydrogens (tertiary/aromatic N) is 1. The maximum atomic E-state index is 12.3. The van der Waals surface area contributed by atoms with Crippen LogP contribution in [-0.2, 0) is 14.8 Å². The van der Waals surface area contributed by atoms with E-state index in [1.807, 2.05) is 0 Å². The van der Waals surface area contributed by atoms with Crippen LogP contribution in [0.5, 0.6) is 0 Å². The molecule has 0 saturated heterocycles. The van der Waals surface area contributed by atoms with Crippen molar-refractivity contribution < 1.29 is 18.3 Å². The van der Waals surface area contributed by atoms with Gasteiger partial charge in [-0.2, -0.15) is 0 Å². The molecule has 21 heavy (non-hydrogen) atoms. The second kappa shape index (κ2) is 5.98. The summed E-state index contributed by atoms with van der Waals surface area (Å²) in [5.41, 5.74) is -0.161. The van der Waals surface area contributed by atoms with E-state index in [2.05, 4.69) is 0 Å². The predicted octanol–water partition coefficient (Wildman–Crippen LogP) is 2.28. The number of benzene rings is 1. The second-order valence-electron chi connectivity index (χ2n) is 5.59. The molecule has 1 aromatic carbocycles. The number of thioether (sulfide) groups is 1. The quantitative estimate of drug-likeness (QED) is 0.777. The molecule has 5 nitrogen and oxygen atoms in total. The van der Waals surface area contributed by atoms with Crippen LogP contribution in [0.1, 0.15) is 19.3 Å². The third-order valence-corrected chi connectivity index (χ3v) is 7.05. The Morgan fingerprint density at radius 1 is 1.33 bits per heavy atom. The van der Waals surface area contributed by atoms with Crippen LogP contribution in [0, 0.1) is 5.41 Å². The Morgan fingerprint density at radius 3 is 2.48 bits per heavy atom. The van der Waals surface area contributed by atoms with E-state index in [4.69, 9.17) is 5.11 Å². The van der Waals surface area contributed by atoms with Crippen LogP contribution in [0.3, 0.4) is 0 Å². The largest absolute Gasteiger partial charge is 0.481 e. The highest BCUT2D eigenvalue weighted by molar-refractivity contribution is 8.00. The van der Waals surface area contributed by atoms with Gasteiger partial charge in [0.25, 0.3) is 0 Å². The number of aliphatic carboxylic acids is 1. The summed E-state index contributed by atoms with van der Waals surface area (Å²) in [6.45, 7) is 0. The number of sulfonamides is 1. The Hall–Kier alpha value is -1.05. The number of carboxylic acids is 1. The van der Waals surface area contributed by atoms with E-state index in [0.717, 1.165) is 12.8 Å². The van der Waals surface area contributed by atoms with Crippen molar-refractivity contribution >= 4 is 27.8 Å². The molecule has 0 heterocycles. The zero-order valence-electron chi connectivity index (χ0n) is 12.1. The molecule has 1 fully saturated rings. The molecule has 1 aliphatic rings. The number of carbonyl (C=O) groups is 1. The van der Waals surface area contributed by atoms with Gasteiger partial charge in [0, 0.05) is 24.7 Å². The average molecular weight is 329 g/mol. The van der Waals surface area contributed by atoms with Crippen molar-refractivity contribution in [1.29, 1.82) is 0 Å². The molecule has 0 amide bonds. The van der Waals surface area contributed by atoms with E-state index in [-0.39, 0.29) is 16.7 Å². The molecular formula is C14H19NO4S2. The van der Waals surface area contributed by atoms with Gasteiger partial charge in [0.1, 0.15) is 0 Å². The van der Waals surface area contributed by atoms with Crippen molar-refractivity contribution in [2.45, 2.75) is 29.1 Å². The van der Waals surface area contributed by atoms with Gasteiger partial charge in [0.2, 0.25) is 10.0 Å². The second-order valence-corrected chi connectivity index (χ2v) is 8.73. The summed E-state index contributed by atoms with van der Waals surface area (Å²) >= 11 is 1.43. The minimum atomic E-state index is -3.48. The molecule has 1 aliphatic carbocycles. The standard InChI is InChI=1S/C14H19NO4S2/c1-15(2)21(18,19)12-6-4-3-5-11(12)20-10-14(7-8-14)9-13(16)17/h3-6H,7-10H2,1-2H3,(H,16,17). The van der Waals surface area contributed by atoms with Gasteiger partial charge >= 0.3 is 5.97 Å². The van der Waals surface area contributed by atoms with Gasteiger partial charge in [-0.3, -0.25) is 4.79 Å². The lowest BCUT2D eigenvalue weighted by Gasteiger charge is -2.16. The summed E-state index contributed by atoms with van der Waals surface area (Å²) in [7, 11) is -0.475. The molecule has 0 radical (unpaired) electrons. The molecule has 0 unspecified atom stereocenters. The lowest BCUT2D eigenvalue weighted by molar-refractivity contribution is -0.138. The van der Waals surface area contributed by atoms with Crippen LogP contribution < -0.4 is 0 Å². The van der Waals surface area contributed by atoms with E-state index < -0.39 is 16.0 Å². The molecule has 1 saturated carbocycles. The normalized spacial score (nSPS) is 16.9. The first-order valence-corrected chi connectivity index (χ1v) is 9.06. The Balaban J connectivity index is 2.17. The van der Waals surface area contributed by atoms with Crippen LogP contribution in [0.2, 0.25) is 0 Å². The van der Waals surface area contributed by atoms with Crippen LogP contribution in [0.15, 0.2) is 34.1 Å². The average Bonchev–Trinajstić information content (AvgIpc) is 3.16. The molecule has 0 atom stereocenters. The molecular weight excluding hydrogens is 310 g/mol. The zero-order valence-corrected chi connectivity index (χ0v) is 13.7. The van der Waals surface area contributed by atoms with Gasteiger partial charge in [0.05, 0.1) is 11.3 Å². The molecule has 1 aromatic rings. The van der Waals surface area contributed by atoms with Crippen LogP contribution in [-0.4, -0.2) is 43.6 Å². The maximum Gasteiger partial charge on any atom is 0.303 e. The first kappa shape index (κ1) is 16.3. The first-order chi connectivity index (χ1) is 9.77. The summed E-state index contributed by atoms with van der Waals surface area (Å²) < 4.78 is 25.8. The monoisotopic (exact) mass is 329 g/mol. The van der Waals surface area contributed by atoms with Gasteiger partial charge in [-0.1, -0.05) is 12.1 Å². The van der Waals surface area contributed by atoms with Crippen molar-refractivity contribution in [3.05, 3.63) is 24.3 Å². The molecule has 7 heteroatoms. The minimum Gasteiger partial charge on any atom is -0.481 e. The summed E-state index contributed by atoms with van der Waals surface area (Å²) in [4.78, 5) is 11.8. The molecule has 0 aliphatic heterocycles. The summed E-state index contributed by atoms with van der Waals surface area (Å²) in [6, 6.07) is 6.87. The number of hydrogen-bond acceptors (Lipinski definition) is 4. The fourth-order valence-electron chi connectivity index (χ4n) is 2.08. The molecule has 1 N–H and O–H groups in total. The van der Waals surface area contributed by atoms with E-state index >= 15 is 0 Å². The van der Waals surface area contributed by atoms with Crippen molar-refractivity contribution in [2.24, 2.45) is 5.41 Å². The SMILES string of the molecule is CN(C)S(=O)(=O)c1ccccc1SCC1(CC(=O)O)CC1. The number of carboxylic acid groups (broad SMARTS) is 1. The highest BCUT2D eigenvalue weighted by Gasteiger charge is 2.44. The van der Waals surface area contributed by atoms with E-state index in [1.165, 1.54) is 30.2 Å². The van der Waals surface area contributed by atoms with E-state index in [1.54, 1.807) is 24.3 Å². The Labute approximate surface area is 129 Å². The topological polar surface area (TPSA) is 74.7 Å². The zero-order chi connectivity index (χ0) is 15.7.